The molecule has 31 heavy (non-hydrogen) atoms. The molecule has 0 saturated carbocycles. The molecule has 0 saturated heterocycles. The summed E-state index contributed by atoms with van der Waals surface area (Å²) >= 11 is 0. The van der Waals surface area contributed by atoms with E-state index >= 15 is 0 Å². The van der Waals surface area contributed by atoms with Gasteiger partial charge in [0.05, 0.1) is 11.6 Å². The van der Waals surface area contributed by atoms with Gasteiger partial charge in [-0.1, -0.05) is 43.3 Å². The maximum atomic E-state index is 12.7. The molecule has 3 rings (SSSR count). The van der Waals surface area contributed by atoms with Gasteiger partial charge in [0, 0.05) is 18.3 Å². The Morgan fingerprint density at radius 1 is 1.06 bits per heavy atom. The van der Waals surface area contributed by atoms with Gasteiger partial charge in [-0.15, -0.1) is 0 Å². The number of aromatic nitrogens is 2. The highest BCUT2D eigenvalue weighted by molar-refractivity contribution is 5.94. The zero-order valence-corrected chi connectivity index (χ0v) is 18.0. The molecule has 0 spiro atoms. The third kappa shape index (κ3) is 5.69. The van der Waals surface area contributed by atoms with Crippen LogP contribution >= 0.6 is 0 Å². The lowest BCUT2D eigenvalue weighted by Crippen LogP contribution is -2.31. The number of carbonyl (C=O) groups excluding carboxylic acids is 2. The summed E-state index contributed by atoms with van der Waals surface area (Å²) in [4.78, 5) is 37.0. The molecule has 0 fully saturated rings. The average molecular weight is 422 g/mol. The first kappa shape index (κ1) is 22.0. The molecule has 0 unspecified atom stereocenters. The Kier molecular flexibility index (Phi) is 6.69. The Morgan fingerprint density at radius 3 is 2.35 bits per heavy atom. The van der Waals surface area contributed by atoms with Gasteiger partial charge in [-0.3, -0.25) is 14.4 Å². The average Bonchev–Trinajstić information content (AvgIpc) is 3.13. The van der Waals surface area contributed by atoms with Crippen LogP contribution < -0.4 is 16.2 Å². The molecule has 2 N–H and O–H groups in total. The van der Waals surface area contributed by atoms with Crippen molar-refractivity contribution in [2.45, 2.75) is 46.2 Å². The largest absolute Gasteiger partial charge is 0.360 e. The molecular formula is C23H26N4O4. The summed E-state index contributed by atoms with van der Waals surface area (Å²) in [6.45, 7) is 7.60. The van der Waals surface area contributed by atoms with Crippen LogP contribution in [0.3, 0.4) is 0 Å². The molecule has 8 nitrogen and oxygen atoms in total. The van der Waals surface area contributed by atoms with Crippen LogP contribution in [-0.4, -0.2) is 21.5 Å². The topological polar surface area (TPSA) is 106 Å². The smallest absolute Gasteiger partial charge is 0.253 e. The van der Waals surface area contributed by atoms with E-state index in [4.69, 9.17) is 4.52 Å². The molecule has 0 aliphatic heterocycles. The molecule has 0 bridgehead atoms. The third-order valence-corrected chi connectivity index (χ3v) is 4.91. The fourth-order valence-electron chi connectivity index (χ4n) is 3.08. The fraction of sp³-hybridized carbons (Fsp3) is 0.304. The number of carbonyl (C=O) groups is 2. The quantitative estimate of drug-likeness (QED) is 0.607. The van der Waals surface area contributed by atoms with Gasteiger partial charge in [-0.05, 0) is 37.0 Å². The Hall–Kier alpha value is -3.68. The minimum atomic E-state index is -0.452. The Morgan fingerprint density at radius 2 is 1.74 bits per heavy atom. The van der Waals surface area contributed by atoms with Gasteiger partial charge in [0.15, 0.2) is 5.82 Å². The highest BCUT2D eigenvalue weighted by Gasteiger charge is 2.14. The number of rotatable bonds is 7. The summed E-state index contributed by atoms with van der Waals surface area (Å²) in [6.07, 6.45) is 1.37. The lowest BCUT2D eigenvalue weighted by molar-refractivity contribution is -0.116. The normalized spacial score (nSPS) is 11.9. The lowest BCUT2D eigenvalue weighted by atomic mass is 9.99. The number of pyridine rings is 1. The van der Waals surface area contributed by atoms with Crippen LogP contribution in [0.2, 0.25) is 0 Å². The Bertz CT molecular complexity index is 1130. The van der Waals surface area contributed by atoms with Crippen molar-refractivity contribution in [3.05, 3.63) is 81.5 Å². The fourth-order valence-corrected chi connectivity index (χ4v) is 3.08. The predicted octanol–water partition coefficient (Wildman–Crippen LogP) is 3.40. The molecule has 3 aromatic rings. The number of nitrogens with zero attached hydrogens (tertiary/aromatic N) is 2. The van der Waals surface area contributed by atoms with E-state index in [-0.39, 0.29) is 35.4 Å². The minimum Gasteiger partial charge on any atom is -0.360 e. The van der Waals surface area contributed by atoms with Gasteiger partial charge in [-0.25, -0.2) is 0 Å². The van der Waals surface area contributed by atoms with E-state index in [1.807, 2.05) is 19.1 Å². The van der Waals surface area contributed by atoms with E-state index in [9.17, 15) is 14.4 Å². The van der Waals surface area contributed by atoms with Crippen LogP contribution in [0.15, 0.2) is 58.0 Å². The highest BCUT2D eigenvalue weighted by Crippen LogP contribution is 2.19. The van der Waals surface area contributed by atoms with Crippen molar-refractivity contribution >= 4 is 17.6 Å². The molecule has 8 heteroatoms. The molecule has 2 amide bonds. The molecule has 1 aromatic carbocycles. The van der Waals surface area contributed by atoms with Gasteiger partial charge in [-0.2, -0.15) is 0 Å². The van der Waals surface area contributed by atoms with Crippen molar-refractivity contribution in [3.63, 3.8) is 0 Å². The van der Waals surface area contributed by atoms with Gasteiger partial charge in [0.2, 0.25) is 5.91 Å². The maximum Gasteiger partial charge on any atom is 0.253 e. The van der Waals surface area contributed by atoms with E-state index in [0.717, 1.165) is 5.56 Å². The van der Waals surface area contributed by atoms with E-state index in [1.54, 1.807) is 13.0 Å². The zero-order valence-electron chi connectivity index (χ0n) is 18.0. The van der Waals surface area contributed by atoms with Crippen LogP contribution in [0.4, 0.5) is 5.82 Å². The van der Waals surface area contributed by atoms with E-state index < -0.39 is 5.91 Å². The number of anilines is 1. The number of hydrogen-bond donors (Lipinski definition) is 2. The van der Waals surface area contributed by atoms with E-state index in [1.165, 1.54) is 28.5 Å². The lowest BCUT2D eigenvalue weighted by Gasteiger charge is -2.16. The highest BCUT2D eigenvalue weighted by atomic mass is 16.5. The molecule has 0 aliphatic carbocycles. The predicted molar refractivity (Wildman–Crippen MR) is 117 cm³/mol. The van der Waals surface area contributed by atoms with Crippen LogP contribution in [0.25, 0.3) is 0 Å². The van der Waals surface area contributed by atoms with Crippen molar-refractivity contribution in [2.75, 3.05) is 5.32 Å². The first-order valence-electron chi connectivity index (χ1n) is 10.1. The van der Waals surface area contributed by atoms with Crippen molar-refractivity contribution < 1.29 is 14.1 Å². The summed E-state index contributed by atoms with van der Waals surface area (Å²) in [5, 5.41) is 9.16. The molecule has 0 aliphatic rings. The molecule has 1 atom stereocenters. The third-order valence-electron chi connectivity index (χ3n) is 4.91. The Balaban J connectivity index is 1.67. The van der Waals surface area contributed by atoms with Crippen LogP contribution in [0.1, 0.15) is 60.0 Å². The zero-order chi connectivity index (χ0) is 22.5. The minimum absolute atomic E-state index is 0.215. The summed E-state index contributed by atoms with van der Waals surface area (Å²) in [7, 11) is 0. The van der Waals surface area contributed by atoms with Crippen molar-refractivity contribution in [1.82, 2.24) is 15.0 Å². The van der Waals surface area contributed by atoms with Gasteiger partial charge in [0.1, 0.15) is 12.3 Å². The van der Waals surface area contributed by atoms with Crippen molar-refractivity contribution in [2.24, 2.45) is 0 Å². The number of aryl methyl sites for hydroxylation is 1. The van der Waals surface area contributed by atoms with Gasteiger partial charge in [0.25, 0.3) is 11.5 Å². The number of benzene rings is 1. The second-order valence-corrected chi connectivity index (χ2v) is 7.77. The first-order chi connectivity index (χ1) is 14.7. The van der Waals surface area contributed by atoms with Gasteiger partial charge < -0.3 is 19.7 Å². The van der Waals surface area contributed by atoms with Crippen LogP contribution in [0.5, 0.6) is 0 Å². The number of hydrogen-bond acceptors (Lipinski definition) is 5. The molecule has 2 heterocycles. The molecular weight excluding hydrogens is 396 g/mol. The second-order valence-electron chi connectivity index (χ2n) is 7.77. The molecule has 162 valence electrons. The summed E-state index contributed by atoms with van der Waals surface area (Å²) < 4.78 is 6.08. The number of amides is 2. The van der Waals surface area contributed by atoms with E-state index in [2.05, 4.69) is 41.8 Å². The Labute approximate surface area is 180 Å². The standard InChI is InChI=1S/C23H26N4O4/c1-14(2)17-5-7-18(8-6-17)16(4)24-23(30)19-9-10-22(29)27(12-19)13-21(28)25-20-11-15(3)31-26-20/h5-12,14,16H,13H2,1-4H3,(H,24,30)(H,25,26,28)/t16-/m1/s1. The second kappa shape index (κ2) is 9.42. The summed E-state index contributed by atoms with van der Waals surface area (Å²) in [5.74, 6) is 0.472. The first-order valence-corrected chi connectivity index (χ1v) is 10.1. The summed E-state index contributed by atoms with van der Waals surface area (Å²) in [5.41, 5.74) is 2.11. The maximum absolute atomic E-state index is 12.7. The molecule has 0 radical (unpaired) electrons. The van der Waals surface area contributed by atoms with Crippen LogP contribution in [0, 0.1) is 6.92 Å². The summed E-state index contributed by atoms with van der Waals surface area (Å²) in [6, 6.07) is 12.2. The van der Waals surface area contributed by atoms with Crippen molar-refractivity contribution in [1.29, 1.82) is 0 Å². The van der Waals surface area contributed by atoms with Gasteiger partial charge >= 0.3 is 0 Å². The SMILES string of the molecule is Cc1cc(NC(=O)Cn2cc(C(=O)N[C@H](C)c3ccc(C(C)C)cc3)ccc2=O)no1. The van der Waals surface area contributed by atoms with Crippen molar-refractivity contribution in [3.8, 4) is 0 Å². The van der Waals surface area contributed by atoms with E-state index in [0.29, 0.717) is 11.7 Å². The number of nitrogens with one attached hydrogen (secondary N) is 2. The monoisotopic (exact) mass is 422 g/mol. The van der Waals surface area contributed by atoms with Crippen LogP contribution in [-0.2, 0) is 11.3 Å². The molecule has 2 aromatic heterocycles.